The molecule has 0 spiro atoms. The molecule has 184 valence electrons. The molecule has 14 N–H and O–H groups in total. The normalized spacial score (nSPS) is 16.0. The largest absolute Gasteiger partial charge is 0.481 e. The van der Waals surface area contributed by atoms with Gasteiger partial charge in [0.05, 0.1) is 19.6 Å². The highest BCUT2D eigenvalue weighted by Gasteiger charge is 2.29. The van der Waals surface area contributed by atoms with Gasteiger partial charge in [0.15, 0.2) is 0 Å². The number of carboxylic acids is 4. The van der Waals surface area contributed by atoms with Gasteiger partial charge in [-0.25, -0.2) is 0 Å². The van der Waals surface area contributed by atoms with Crippen LogP contribution in [-0.4, -0.2) is 125 Å². The molecule has 0 aliphatic rings. The van der Waals surface area contributed by atoms with Gasteiger partial charge >= 0.3 is 23.9 Å². The Morgan fingerprint density at radius 3 is 1.19 bits per heavy atom. The molecule has 0 fully saturated rings. The first-order chi connectivity index (χ1) is 14.1. The minimum Gasteiger partial charge on any atom is -0.481 e. The molecule has 16 heteroatoms. The second-order valence-corrected chi connectivity index (χ2v) is 5.90. The van der Waals surface area contributed by atoms with E-state index in [0.717, 1.165) is 0 Å². The van der Waals surface area contributed by atoms with E-state index in [0.29, 0.717) is 0 Å². The molecule has 6 atom stereocenters. The van der Waals surface area contributed by atoms with Crippen molar-refractivity contribution < 1.29 is 70.2 Å². The fourth-order valence-corrected chi connectivity index (χ4v) is 1.35. The van der Waals surface area contributed by atoms with E-state index >= 15 is 0 Å². The summed E-state index contributed by atoms with van der Waals surface area (Å²) in [5.74, 6) is -4.69. The third kappa shape index (κ3) is 19.3. The molecule has 0 aliphatic heterocycles. The molecule has 0 rings (SSSR count). The van der Waals surface area contributed by atoms with E-state index in [4.69, 9.17) is 62.5 Å². The summed E-state index contributed by atoms with van der Waals surface area (Å²) in [5.41, 5.74) is 9.84. The number of nitrogens with two attached hydrogens (primary N) is 2. The zero-order chi connectivity index (χ0) is 25.3. The average Bonchev–Trinajstić information content (AvgIpc) is 2.69. The zero-order valence-electron chi connectivity index (χ0n) is 16.3. The van der Waals surface area contributed by atoms with E-state index in [1.165, 1.54) is 0 Å². The van der Waals surface area contributed by atoms with Crippen LogP contribution >= 0.6 is 0 Å². The van der Waals surface area contributed by atoms with Gasteiger partial charge in [-0.3, -0.25) is 19.2 Å². The fraction of sp³-hybridized carbons (Fsp3) is 0.733. The maximum Gasteiger partial charge on any atom is 0.321 e. The Kier molecular flexibility index (Phi) is 19.6. The van der Waals surface area contributed by atoms with Crippen LogP contribution in [0, 0.1) is 0 Å². The standard InChI is InChI=1S/C6H14O6.C5H9NO4.C4H7NO4/c7-1-3(9)5(11)6(12)4(10)2-8;6-3(5(9)10)1-2-4(7)8;5-2(4(8)9)1-3(6)7/h3-12H,1-2H2;3H,1-2,6H2,(H,7,8)(H,9,10);2H,1,5H2,(H,6,7)(H,8,9)/t3-,4-,5-,6-;3-;2-/m100/s1. The summed E-state index contributed by atoms with van der Waals surface area (Å²) in [7, 11) is 0. The van der Waals surface area contributed by atoms with E-state index in [1.807, 2.05) is 0 Å². The van der Waals surface area contributed by atoms with Gasteiger partial charge < -0.3 is 62.5 Å². The van der Waals surface area contributed by atoms with E-state index in [9.17, 15) is 19.2 Å². The summed E-state index contributed by atoms with van der Waals surface area (Å²) < 4.78 is 0. The van der Waals surface area contributed by atoms with Crippen molar-refractivity contribution in [1.82, 2.24) is 0 Å². The average molecular weight is 462 g/mol. The van der Waals surface area contributed by atoms with Crippen molar-refractivity contribution in [2.75, 3.05) is 13.2 Å². The molecule has 0 amide bonds. The molecule has 0 radical (unpaired) electrons. The van der Waals surface area contributed by atoms with Gasteiger partial charge in [0.2, 0.25) is 0 Å². The predicted octanol–water partition coefficient (Wildman–Crippen LogP) is -5.45. The first-order valence-corrected chi connectivity index (χ1v) is 8.46. The smallest absolute Gasteiger partial charge is 0.321 e. The summed E-state index contributed by atoms with van der Waals surface area (Å²) >= 11 is 0. The highest BCUT2D eigenvalue weighted by atomic mass is 16.4. The topological polar surface area (TPSA) is 323 Å². The number of hydrogen-bond donors (Lipinski definition) is 12. The molecule has 31 heavy (non-hydrogen) atoms. The van der Waals surface area contributed by atoms with Crippen LogP contribution in [0.4, 0.5) is 0 Å². The molecular formula is C15H30N2O14. The van der Waals surface area contributed by atoms with Gasteiger partial charge in [0.1, 0.15) is 36.5 Å². The number of hydrogen-bond acceptors (Lipinski definition) is 12. The molecule has 0 saturated heterocycles. The van der Waals surface area contributed by atoms with Gasteiger partial charge in [-0.15, -0.1) is 0 Å². The number of carbonyl (C=O) groups is 4. The third-order valence-electron chi connectivity index (χ3n) is 3.21. The molecule has 0 aromatic heterocycles. The Morgan fingerprint density at radius 1 is 0.645 bits per heavy atom. The van der Waals surface area contributed by atoms with Crippen LogP contribution in [0.25, 0.3) is 0 Å². The van der Waals surface area contributed by atoms with Crippen LogP contribution in [-0.2, 0) is 19.2 Å². The van der Waals surface area contributed by atoms with E-state index < -0.39 is 80.0 Å². The van der Waals surface area contributed by atoms with Crippen molar-refractivity contribution in [2.45, 2.75) is 55.8 Å². The highest BCUT2D eigenvalue weighted by Crippen LogP contribution is 2.04. The lowest BCUT2D eigenvalue weighted by atomic mass is 10.0. The summed E-state index contributed by atoms with van der Waals surface area (Å²) in [6.45, 7) is -1.45. The fourth-order valence-electron chi connectivity index (χ4n) is 1.35. The number of aliphatic hydroxyl groups is 6. The molecule has 0 aliphatic carbocycles. The highest BCUT2D eigenvalue weighted by molar-refractivity contribution is 5.80. The quantitative estimate of drug-likeness (QED) is 0.129. The van der Waals surface area contributed by atoms with Gasteiger partial charge in [0, 0.05) is 6.42 Å². The van der Waals surface area contributed by atoms with Crippen LogP contribution in [0.2, 0.25) is 0 Å². The van der Waals surface area contributed by atoms with Crippen molar-refractivity contribution in [1.29, 1.82) is 0 Å². The van der Waals surface area contributed by atoms with Crippen LogP contribution in [0.1, 0.15) is 19.3 Å². The number of rotatable bonds is 12. The van der Waals surface area contributed by atoms with Gasteiger partial charge in [0.25, 0.3) is 0 Å². The lowest BCUT2D eigenvalue weighted by Crippen LogP contribution is -2.46. The SMILES string of the molecule is N[C@@H](CC(=O)O)C(=O)O.N[C@@H](CCC(=O)O)C(=O)O.OC[C@@H](O)[C@@H](O)[C@H](O)[C@H](O)CO. The van der Waals surface area contributed by atoms with Gasteiger partial charge in [-0.05, 0) is 6.42 Å². The van der Waals surface area contributed by atoms with E-state index in [1.54, 1.807) is 0 Å². The molecular weight excluding hydrogens is 432 g/mol. The predicted molar refractivity (Wildman–Crippen MR) is 98.5 cm³/mol. The molecule has 0 saturated carbocycles. The van der Waals surface area contributed by atoms with E-state index in [2.05, 4.69) is 0 Å². The lowest BCUT2D eigenvalue weighted by molar-refractivity contribution is -0.144. The minimum absolute atomic E-state index is 0.0231. The maximum absolute atomic E-state index is 9.99. The second kappa shape index (κ2) is 18.3. The summed E-state index contributed by atoms with van der Waals surface area (Å²) in [6, 6.07) is -2.35. The van der Waals surface area contributed by atoms with Crippen LogP contribution in [0.15, 0.2) is 0 Å². The maximum atomic E-state index is 9.99. The van der Waals surface area contributed by atoms with Crippen molar-refractivity contribution in [3.8, 4) is 0 Å². The Hall–Kier alpha value is -2.44. The first kappa shape index (κ1) is 33.2. The van der Waals surface area contributed by atoms with Crippen LogP contribution in [0.5, 0.6) is 0 Å². The van der Waals surface area contributed by atoms with Crippen molar-refractivity contribution >= 4 is 23.9 Å². The summed E-state index contributed by atoms with van der Waals surface area (Å²) in [6.07, 6.45) is -7.15. The number of aliphatic carboxylic acids is 4. The summed E-state index contributed by atoms with van der Waals surface area (Å²) in [5, 5.41) is 84.5. The first-order valence-electron chi connectivity index (χ1n) is 8.46. The van der Waals surface area contributed by atoms with Crippen LogP contribution in [0.3, 0.4) is 0 Å². The van der Waals surface area contributed by atoms with Crippen molar-refractivity contribution in [2.24, 2.45) is 11.5 Å². The van der Waals surface area contributed by atoms with Crippen LogP contribution < -0.4 is 11.5 Å². The van der Waals surface area contributed by atoms with Gasteiger partial charge in [-0.1, -0.05) is 0 Å². The molecule has 0 heterocycles. The second-order valence-electron chi connectivity index (χ2n) is 5.90. The van der Waals surface area contributed by atoms with Crippen molar-refractivity contribution in [3.63, 3.8) is 0 Å². The molecule has 0 aromatic carbocycles. The summed E-state index contributed by atoms with van der Waals surface area (Å²) in [4.78, 5) is 39.5. The Bertz CT molecular complexity index is 532. The molecule has 16 nitrogen and oxygen atoms in total. The van der Waals surface area contributed by atoms with Gasteiger partial charge in [-0.2, -0.15) is 0 Å². The number of carboxylic acid groups (broad SMARTS) is 4. The molecule has 0 aromatic rings. The minimum atomic E-state index is -1.67. The van der Waals surface area contributed by atoms with Crippen molar-refractivity contribution in [3.05, 3.63) is 0 Å². The third-order valence-corrected chi connectivity index (χ3v) is 3.21. The lowest BCUT2D eigenvalue weighted by Gasteiger charge is -2.24. The Labute approximate surface area is 175 Å². The zero-order valence-corrected chi connectivity index (χ0v) is 16.3. The molecule has 0 unspecified atom stereocenters. The molecule has 0 bridgehead atoms. The van der Waals surface area contributed by atoms with E-state index in [-0.39, 0.29) is 12.8 Å². The Morgan fingerprint density at radius 2 is 1.00 bits per heavy atom. The Balaban J connectivity index is -0.000000384. The monoisotopic (exact) mass is 462 g/mol. The number of aliphatic hydroxyl groups excluding tert-OH is 6.